The molecule has 2 N–H and O–H groups in total. The van der Waals surface area contributed by atoms with Crippen LogP contribution in [-0.2, 0) is 9.53 Å². The lowest BCUT2D eigenvalue weighted by Crippen LogP contribution is -2.40. The molecule has 2 aromatic carbocycles. The van der Waals surface area contributed by atoms with Gasteiger partial charge in [-0.15, -0.1) is 0 Å². The molecule has 2 amide bonds. The second kappa shape index (κ2) is 8.21. The molecule has 0 saturated carbocycles. The quantitative estimate of drug-likeness (QED) is 0.840. The Balaban J connectivity index is 1.77. The number of ether oxygens (including phenoxy) is 3. The van der Waals surface area contributed by atoms with E-state index in [0.29, 0.717) is 36.0 Å². The van der Waals surface area contributed by atoms with E-state index in [4.69, 9.17) is 14.2 Å². The van der Waals surface area contributed by atoms with Crippen molar-refractivity contribution in [3.63, 3.8) is 0 Å². The molecule has 7 nitrogen and oxygen atoms in total. The van der Waals surface area contributed by atoms with E-state index in [2.05, 4.69) is 10.6 Å². The van der Waals surface area contributed by atoms with Crippen LogP contribution in [0.3, 0.4) is 0 Å². The summed E-state index contributed by atoms with van der Waals surface area (Å²) in [5, 5.41) is 5.46. The first-order valence-electron chi connectivity index (χ1n) is 9.07. The number of amides is 2. The molecular formula is C21H24N2O5. The summed E-state index contributed by atoms with van der Waals surface area (Å²) < 4.78 is 16.3. The van der Waals surface area contributed by atoms with Crippen molar-refractivity contribution in [3.05, 3.63) is 54.1 Å². The summed E-state index contributed by atoms with van der Waals surface area (Å²) in [5.74, 6) is 0.810. The molecular weight excluding hydrogens is 360 g/mol. The van der Waals surface area contributed by atoms with Crippen molar-refractivity contribution < 1.29 is 23.8 Å². The summed E-state index contributed by atoms with van der Waals surface area (Å²) >= 11 is 0. The standard InChI is InChI=1S/C21H24N2O5/c1-21(2,3)28-20(25)23-18(14-7-5-4-6-8-14)19(24)22-15-9-10-16-17(13-15)27-12-11-26-16/h4-10,13,18H,11-12H2,1-3H3,(H,22,24)(H,23,25). The van der Waals surface area contributed by atoms with E-state index in [0.717, 1.165) is 0 Å². The molecule has 148 valence electrons. The van der Waals surface area contributed by atoms with Crippen LogP contribution in [0.1, 0.15) is 32.4 Å². The van der Waals surface area contributed by atoms with E-state index in [1.165, 1.54) is 0 Å². The zero-order valence-electron chi connectivity index (χ0n) is 16.2. The van der Waals surface area contributed by atoms with Crippen molar-refractivity contribution in [2.45, 2.75) is 32.4 Å². The largest absolute Gasteiger partial charge is 0.486 e. The number of rotatable bonds is 4. The average Bonchev–Trinajstić information content (AvgIpc) is 2.65. The number of nitrogens with one attached hydrogen (secondary N) is 2. The Labute approximate surface area is 164 Å². The number of hydrogen-bond acceptors (Lipinski definition) is 5. The molecule has 1 unspecified atom stereocenters. The molecule has 1 aliphatic heterocycles. The van der Waals surface area contributed by atoms with Crippen LogP contribution >= 0.6 is 0 Å². The topological polar surface area (TPSA) is 85.9 Å². The molecule has 0 radical (unpaired) electrons. The lowest BCUT2D eigenvalue weighted by Gasteiger charge is -2.24. The highest BCUT2D eigenvalue weighted by Gasteiger charge is 2.26. The Morgan fingerprint density at radius 1 is 1.00 bits per heavy atom. The van der Waals surface area contributed by atoms with E-state index in [1.54, 1.807) is 63.2 Å². The first-order valence-corrected chi connectivity index (χ1v) is 9.07. The minimum atomic E-state index is -0.913. The molecule has 2 aromatic rings. The van der Waals surface area contributed by atoms with Gasteiger partial charge in [0.15, 0.2) is 11.5 Å². The number of hydrogen-bond donors (Lipinski definition) is 2. The first-order chi connectivity index (χ1) is 13.3. The van der Waals surface area contributed by atoms with Crippen molar-refractivity contribution in [1.29, 1.82) is 0 Å². The molecule has 0 aliphatic carbocycles. The van der Waals surface area contributed by atoms with Gasteiger partial charge in [-0.25, -0.2) is 4.79 Å². The third kappa shape index (κ3) is 5.16. The number of anilines is 1. The van der Waals surface area contributed by atoms with E-state index in [9.17, 15) is 9.59 Å². The van der Waals surface area contributed by atoms with Gasteiger partial charge >= 0.3 is 6.09 Å². The number of carbonyl (C=O) groups excluding carboxylic acids is 2. The van der Waals surface area contributed by atoms with Crippen LogP contribution in [-0.4, -0.2) is 30.8 Å². The second-order valence-electron chi connectivity index (χ2n) is 7.34. The molecule has 28 heavy (non-hydrogen) atoms. The van der Waals surface area contributed by atoms with Crippen LogP contribution in [0, 0.1) is 0 Å². The molecule has 0 bridgehead atoms. The monoisotopic (exact) mass is 384 g/mol. The SMILES string of the molecule is CC(C)(C)OC(=O)NC(C(=O)Nc1ccc2c(c1)OCCO2)c1ccccc1. The van der Waals surface area contributed by atoms with Crippen molar-refractivity contribution >= 4 is 17.7 Å². The maximum Gasteiger partial charge on any atom is 0.408 e. The van der Waals surface area contributed by atoms with E-state index in [1.807, 2.05) is 6.07 Å². The van der Waals surface area contributed by atoms with Gasteiger partial charge in [-0.05, 0) is 38.5 Å². The average molecular weight is 384 g/mol. The van der Waals surface area contributed by atoms with E-state index < -0.39 is 23.6 Å². The van der Waals surface area contributed by atoms with Gasteiger partial charge in [-0.1, -0.05) is 30.3 Å². The van der Waals surface area contributed by atoms with Gasteiger partial charge in [-0.3, -0.25) is 4.79 Å². The van der Waals surface area contributed by atoms with Crippen LogP contribution in [0.25, 0.3) is 0 Å². The molecule has 0 spiro atoms. The minimum Gasteiger partial charge on any atom is -0.486 e. The Morgan fingerprint density at radius 3 is 2.36 bits per heavy atom. The second-order valence-corrected chi connectivity index (χ2v) is 7.34. The van der Waals surface area contributed by atoms with Gasteiger partial charge in [0.1, 0.15) is 24.9 Å². The Bertz CT molecular complexity index is 846. The fraction of sp³-hybridized carbons (Fsp3) is 0.333. The fourth-order valence-corrected chi connectivity index (χ4v) is 2.71. The Kier molecular flexibility index (Phi) is 5.73. The number of benzene rings is 2. The fourth-order valence-electron chi connectivity index (χ4n) is 2.71. The lowest BCUT2D eigenvalue weighted by molar-refractivity contribution is -0.118. The predicted molar refractivity (Wildman–Crippen MR) is 105 cm³/mol. The predicted octanol–water partition coefficient (Wildman–Crippen LogP) is 3.66. The highest BCUT2D eigenvalue weighted by atomic mass is 16.6. The molecule has 0 saturated heterocycles. The molecule has 7 heteroatoms. The maximum absolute atomic E-state index is 12.9. The Morgan fingerprint density at radius 2 is 1.68 bits per heavy atom. The first kappa shape index (κ1) is 19.5. The third-order valence-electron chi connectivity index (χ3n) is 3.87. The van der Waals surface area contributed by atoms with Crippen molar-refractivity contribution in [1.82, 2.24) is 5.32 Å². The summed E-state index contributed by atoms with van der Waals surface area (Å²) in [4.78, 5) is 25.2. The lowest BCUT2D eigenvalue weighted by atomic mass is 10.1. The van der Waals surface area contributed by atoms with Gasteiger partial charge in [0.25, 0.3) is 5.91 Å². The summed E-state index contributed by atoms with van der Waals surface area (Å²) in [5.41, 5.74) is 0.516. The molecule has 3 rings (SSSR count). The molecule has 1 heterocycles. The highest BCUT2D eigenvalue weighted by molar-refractivity contribution is 5.97. The summed E-state index contributed by atoms with van der Waals surface area (Å²) in [7, 11) is 0. The zero-order chi connectivity index (χ0) is 20.1. The number of fused-ring (bicyclic) bond motifs is 1. The Hall–Kier alpha value is -3.22. The van der Waals surface area contributed by atoms with Crippen LogP contribution in [0.2, 0.25) is 0 Å². The van der Waals surface area contributed by atoms with Crippen molar-refractivity contribution in [2.24, 2.45) is 0 Å². The third-order valence-corrected chi connectivity index (χ3v) is 3.87. The molecule has 1 aliphatic rings. The normalized spacial score (nSPS) is 14.0. The number of carbonyl (C=O) groups is 2. The maximum atomic E-state index is 12.9. The van der Waals surface area contributed by atoms with E-state index >= 15 is 0 Å². The van der Waals surface area contributed by atoms with Gasteiger partial charge in [0.05, 0.1) is 0 Å². The van der Waals surface area contributed by atoms with Crippen molar-refractivity contribution in [2.75, 3.05) is 18.5 Å². The molecule has 0 fully saturated rings. The molecule has 0 aromatic heterocycles. The van der Waals surface area contributed by atoms with Crippen LogP contribution in [0.4, 0.5) is 10.5 Å². The minimum absolute atomic E-state index is 0.395. The zero-order valence-corrected chi connectivity index (χ0v) is 16.2. The van der Waals surface area contributed by atoms with E-state index in [-0.39, 0.29) is 0 Å². The van der Waals surface area contributed by atoms with Gasteiger partial charge in [0.2, 0.25) is 0 Å². The smallest absolute Gasteiger partial charge is 0.408 e. The summed E-state index contributed by atoms with van der Waals surface area (Å²) in [6.45, 7) is 6.24. The van der Waals surface area contributed by atoms with Crippen molar-refractivity contribution in [3.8, 4) is 11.5 Å². The van der Waals surface area contributed by atoms with Crippen LogP contribution in [0.15, 0.2) is 48.5 Å². The van der Waals surface area contributed by atoms with Gasteiger partial charge < -0.3 is 24.8 Å². The van der Waals surface area contributed by atoms with Crippen LogP contribution < -0.4 is 20.1 Å². The summed E-state index contributed by atoms with van der Waals surface area (Å²) in [6, 6.07) is 13.2. The van der Waals surface area contributed by atoms with Gasteiger partial charge in [0, 0.05) is 11.8 Å². The molecule has 1 atom stereocenters. The summed E-state index contributed by atoms with van der Waals surface area (Å²) in [6.07, 6.45) is -0.668. The van der Waals surface area contributed by atoms with Crippen LogP contribution in [0.5, 0.6) is 11.5 Å². The number of alkyl carbamates (subject to hydrolysis) is 1. The van der Waals surface area contributed by atoms with Gasteiger partial charge in [-0.2, -0.15) is 0 Å². The highest BCUT2D eigenvalue weighted by Crippen LogP contribution is 2.33.